The molecular weight excluding hydrogens is 568 g/mol. The third kappa shape index (κ3) is 5.70. The summed E-state index contributed by atoms with van der Waals surface area (Å²) in [5.41, 5.74) is 4.68. The monoisotopic (exact) mass is 635 g/mol. The maximum Gasteiger partial charge on any atom is 0.306 e. The molecule has 0 amide bonds. The SMILES string of the molecule is C=CC.CC1C(C2=CCC(C(=O)O)CC2)=CCC2(C)C1CCC1(C)C2CCC2[C@H]3CCCC3(NCCN3CCOCC3)CC[C@]21C. The Bertz CT molecular complexity index is 1190. The van der Waals surface area contributed by atoms with Crippen LogP contribution in [0, 0.1) is 51.8 Å². The minimum Gasteiger partial charge on any atom is -0.481 e. The van der Waals surface area contributed by atoms with Gasteiger partial charge in [-0.15, -0.1) is 6.58 Å². The van der Waals surface area contributed by atoms with Crippen molar-refractivity contribution in [2.75, 3.05) is 39.4 Å². The van der Waals surface area contributed by atoms with E-state index in [9.17, 15) is 9.90 Å². The largest absolute Gasteiger partial charge is 0.481 e. The molecule has 7 aliphatic rings. The first kappa shape index (κ1) is 34.4. The van der Waals surface area contributed by atoms with Crippen LogP contribution in [-0.2, 0) is 9.53 Å². The number of fused-ring (bicyclic) bond motifs is 7. The van der Waals surface area contributed by atoms with Gasteiger partial charge in [0.15, 0.2) is 0 Å². The van der Waals surface area contributed by atoms with Gasteiger partial charge in [-0.05, 0) is 141 Å². The molecule has 8 unspecified atom stereocenters. The van der Waals surface area contributed by atoms with Crippen molar-refractivity contribution in [1.29, 1.82) is 0 Å². The van der Waals surface area contributed by atoms with E-state index in [2.05, 4.69) is 56.6 Å². The normalized spacial score (nSPS) is 45.4. The van der Waals surface area contributed by atoms with Gasteiger partial charge in [0.1, 0.15) is 0 Å². The lowest BCUT2D eigenvalue weighted by Crippen LogP contribution is -2.67. The quantitative estimate of drug-likeness (QED) is 0.286. The van der Waals surface area contributed by atoms with Crippen molar-refractivity contribution in [3.63, 3.8) is 0 Å². The summed E-state index contributed by atoms with van der Waals surface area (Å²) < 4.78 is 5.59. The fraction of sp³-hybridized carbons (Fsp3) is 0.829. The Kier molecular flexibility index (Phi) is 10.1. The van der Waals surface area contributed by atoms with Crippen molar-refractivity contribution in [3.8, 4) is 0 Å². The van der Waals surface area contributed by atoms with Gasteiger partial charge in [-0.25, -0.2) is 0 Å². The highest BCUT2D eigenvalue weighted by Crippen LogP contribution is 2.75. The lowest BCUT2D eigenvalue weighted by Gasteiger charge is -2.71. The molecule has 0 bridgehead atoms. The first-order valence-electron chi connectivity index (χ1n) is 19.3. The summed E-state index contributed by atoms with van der Waals surface area (Å²) in [4.78, 5) is 14.1. The number of allylic oxidation sites excluding steroid dienone is 5. The van der Waals surface area contributed by atoms with Gasteiger partial charge in [0.05, 0.1) is 19.1 Å². The van der Waals surface area contributed by atoms with Crippen LogP contribution in [0.5, 0.6) is 0 Å². The molecule has 5 fully saturated rings. The third-order valence-electron chi connectivity index (χ3n) is 15.7. The zero-order valence-corrected chi connectivity index (χ0v) is 30.0. The average molecular weight is 635 g/mol. The number of carboxylic acids is 1. The second-order valence-corrected chi connectivity index (χ2v) is 17.4. The molecule has 1 heterocycles. The Morgan fingerprint density at radius 1 is 1.00 bits per heavy atom. The number of rotatable bonds is 6. The van der Waals surface area contributed by atoms with Gasteiger partial charge in [-0.3, -0.25) is 9.69 Å². The fourth-order valence-corrected chi connectivity index (χ4v) is 13.1. The number of aliphatic carboxylic acids is 1. The highest BCUT2D eigenvalue weighted by molar-refractivity contribution is 5.70. The predicted octanol–water partition coefficient (Wildman–Crippen LogP) is 8.67. The van der Waals surface area contributed by atoms with Crippen molar-refractivity contribution in [1.82, 2.24) is 10.2 Å². The Labute approximate surface area is 281 Å². The highest BCUT2D eigenvalue weighted by atomic mass is 16.5. The molecule has 1 saturated heterocycles. The van der Waals surface area contributed by atoms with Crippen LogP contribution in [0.15, 0.2) is 36.0 Å². The number of ether oxygens (including phenoxy) is 1. The van der Waals surface area contributed by atoms with Crippen LogP contribution in [-0.4, -0.2) is 60.9 Å². The van der Waals surface area contributed by atoms with E-state index in [4.69, 9.17) is 4.74 Å². The van der Waals surface area contributed by atoms with Crippen LogP contribution in [0.4, 0.5) is 0 Å². The van der Waals surface area contributed by atoms with Gasteiger partial charge < -0.3 is 15.2 Å². The van der Waals surface area contributed by atoms with Crippen LogP contribution in [0.2, 0.25) is 0 Å². The number of morpholine rings is 1. The fourth-order valence-electron chi connectivity index (χ4n) is 13.1. The molecule has 0 aromatic rings. The lowest BCUT2D eigenvalue weighted by atomic mass is 9.34. The molecule has 5 nitrogen and oxygen atoms in total. The maximum absolute atomic E-state index is 11.6. The van der Waals surface area contributed by atoms with Crippen LogP contribution in [0.3, 0.4) is 0 Å². The first-order valence-corrected chi connectivity index (χ1v) is 19.3. The van der Waals surface area contributed by atoms with E-state index in [0.29, 0.717) is 34.1 Å². The van der Waals surface area contributed by atoms with Crippen LogP contribution in [0.25, 0.3) is 0 Å². The van der Waals surface area contributed by atoms with Gasteiger partial charge in [0, 0.05) is 31.7 Å². The molecule has 7 rings (SSSR count). The van der Waals surface area contributed by atoms with E-state index in [1.807, 2.05) is 6.92 Å². The number of carboxylic acid groups (broad SMARTS) is 1. The summed E-state index contributed by atoms with van der Waals surface area (Å²) in [6.07, 6.45) is 23.0. The van der Waals surface area contributed by atoms with Crippen LogP contribution >= 0.6 is 0 Å². The molecule has 0 aromatic heterocycles. The first-order chi connectivity index (χ1) is 22.0. The minimum atomic E-state index is -0.620. The molecular formula is C41H66N2O3. The van der Waals surface area contributed by atoms with E-state index < -0.39 is 5.97 Å². The summed E-state index contributed by atoms with van der Waals surface area (Å²) in [5.74, 6) is 3.05. The Morgan fingerprint density at radius 3 is 2.46 bits per heavy atom. The number of hydrogen-bond acceptors (Lipinski definition) is 4. The van der Waals surface area contributed by atoms with Crippen molar-refractivity contribution in [2.24, 2.45) is 51.8 Å². The summed E-state index contributed by atoms with van der Waals surface area (Å²) in [6.45, 7) is 22.3. The standard InChI is InChI=1S/C38H60N2O3.C3H6/c1-26-29(27-7-9-28(10-8-27)34(41)42)13-16-35(2)30(26)14-17-37(4)33(35)12-11-31-32-6-5-15-38(32,19-18-36(31,37)3)39-20-21-40-22-24-43-25-23-40;1-3-2/h7,13,26,28,30-33,39H,5-6,8-12,14-25H2,1-4H3,(H,41,42);3H,1H2,2H3/t26?,28?,30?,31?,32-,33?,35?,36-,37?,38?;/m1./s1. The highest BCUT2D eigenvalue weighted by Gasteiger charge is 2.68. The van der Waals surface area contributed by atoms with Gasteiger partial charge in [0.25, 0.3) is 0 Å². The summed E-state index contributed by atoms with van der Waals surface area (Å²) in [7, 11) is 0. The molecule has 5 heteroatoms. The zero-order valence-electron chi connectivity index (χ0n) is 30.0. The molecule has 0 spiro atoms. The van der Waals surface area contributed by atoms with E-state index >= 15 is 0 Å². The van der Waals surface area contributed by atoms with Gasteiger partial charge in [0.2, 0.25) is 0 Å². The minimum absolute atomic E-state index is 0.186. The predicted molar refractivity (Wildman–Crippen MR) is 189 cm³/mol. The van der Waals surface area contributed by atoms with Gasteiger partial charge in [-0.2, -0.15) is 0 Å². The number of nitrogens with zero attached hydrogens (tertiary/aromatic N) is 1. The van der Waals surface area contributed by atoms with Crippen molar-refractivity contribution >= 4 is 5.97 Å². The molecule has 258 valence electrons. The van der Waals surface area contributed by atoms with E-state index in [1.54, 1.807) is 11.6 Å². The van der Waals surface area contributed by atoms with E-state index in [0.717, 1.165) is 69.4 Å². The van der Waals surface area contributed by atoms with Gasteiger partial charge >= 0.3 is 5.97 Å². The van der Waals surface area contributed by atoms with Crippen LogP contribution < -0.4 is 5.32 Å². The van der Waals surface area contributed by atoms with E-state index in [-0.39, 0.29) is 5.92 Å². The molecule has 6 aliphatic carbocycles. The molecule has 4 saturated carbocycles. The zero-order chi connectivity index (χ0) is 32.7. The summed E-state index contributed by atoms with van der Waals surface area (Å²) >= 11 is 0. The second kappa shape index (κ2) is 13.5. The van der Waals surface area contributed by atoms with E-state index in [1.165, 1.54) is 76.3 Å². The smallest absolute Gasteiger partial charge is 0.306 e. The Hall–Kier alpha value is -1.43. The number of hydrogen-bond donors (Lipinski definition) is 2. The average Bonchev–Trinajstić information content (AvgIpc) is 3.47. The molecule has 2 N–H and O–H groups in total. The topological polar surface area (TPSA) is 61.8 Å². The van der Waals surface area contributed by atoms with Crippen LogP contribution in [0.1, 0.15) is 118 Å². The summed E-state index contributed by atoms with van der Waals surface area (Å²) in [5, 5.41) is 13.8. The Morgan fingerprint density at radius 2 is 1.76 bits per heavy atom. The number of nitrogens with one attached hydrogen (secondary N) is 1. The Balaban J connectivity index is 0.00000119. The maximum atomic E-state index is 11.6. The van der Waals surface area contributed by atoms with Gasteiger partial charge in [-0.1, -0.05) is 52.3 Å². The second-order valence-electron chi connectivity index (χ2n) is 17.4. The molecule has 0 radical (unpaired) electrons. The van der Waals surface area contributed by atoms with Crippen molar-refractivity contribution < 1.29 is 14.6 Å². The lowest BCUT2D eigenvalue weighted by molar-refractivity contribution is -0.212. The summed E-state index contributed by atoms with van der Waals surface area (Å²) in [6, 6.07) is 0. The van der Waals surface area contributed by atoms with Crippen molar-refractivity contribution in [2.45, 2.75) is 124 Å². The molecule has 46 heavy (non-hydrogen) atoms. The molecule has 10 atom stereocenters. The number of carbonyl (C=O) groups is 1. The molecule has 0 aromatic carbocycles. The third-order valence-corrected chi connectivity index (χ3v) is 15.7. The molecule has 1 aliphatic heterocycles. The van der Waals surface area contributed by atoms with Crippen molar-refractivity contribution in [3.05, 3.63) is 36.0 Å².